The predicted octanol–water partition coefficient (Wildman–Crippen LogP) is 2.23. The van der Waals surface area contributed by atoms with Gasteiger partial charge in [0.1, 0.15) is 12.0 Å². The zero-order chi connectivity index (χ0) is 13.3. The summed E-state index contributed by atoms with van der Waals surface area (Å²) >= 11 is 0. The van der Waals surface area contributed by atoms with Crippen LogP contribution in [0.4, 0.5) is 0 Å². The number of hydrogen-bond donors (Lipinski definition) is 0. The molecule has 0 fully saturated rings. The Labute approximate surface area is 111 Å². The van der Waals surface area contributed by atoms with E-state index in [4.69, 9.17) is 13.9 Å². The minimum atomic E-state index is -0.378. The second kappa shape index (κ2) is 7.20. The lowest BCUT2D eigenvalue weighted by molar-refractivity contribution is -0.146. The summed E-state index contributed by atoms with van der Waals surface area (Å²) in [5, 5.41) is 0. The van der Waals surface area contributed by atoms with Gasteiger partial charge in [0.05, 0.1) is 12.8 Å². The van der Waals surface area contributed by atoms with Crippen LogP contribution in [0.1, 0.15) is 12.3 Å². The van der Waals surface area contributed by atoms with Gasteiger partial charge in [-0.1, -0.05) is 18.2 Å². The van der Waals surface area contributed by atoms with Gasteiger partial charge in [0.2, 0.25) is 0 Å². The van der Waals surface area contributed by atoms with Gasteiger partial charge in [-0.3, -0.25) is 0 Å². The van der Waals surface area contributed by atoms with Gasteiger partial charge < -0.3 is 13.9 Å². The molecule has 0 bridgehead atoms. The molecule has 0 saturated carbocycles. The number of aromatic nitrogens is 1. The Kier molecular flexibility index (Phi) is 4.98. The van der Waals surface area contributed by atoms with Crippen LogP contribution in [0.2, 0.25) is 0 Å². The molecule has 0 unspecified atom stereocenters. The summed E-state index contributed by atoms with van der Waals surface area (Å²) in [6.45, 7) is 0.252. The predicted molar refractivity (Wildman–Crippen MR) is 67.7 cm³/mol. The lowest BCUT2D eigenvalue weighted by atomic mass is 10.3. The summed E-state index contributed by atoms with van der Waals surface area (Å²) in [7, 11) is 0. The molecule has 19 heavy (non-hydrogen) atoms. The van der Waals surface area contributed by atoms with E-state index >= 15 is 0 Å². The van der Waals surface area contributed by atoms with Gasteiger partial charge in [-0.2, -0.15) is 0 Å². The molecule has 0 spiro atoms. The average molecular weight is 261 g/mol. The first-order valence-electron chi connectivity index (χ1n) is 6.06. The second-order valence-corrected chi connectivity index (χ2v) is 3.85. The highest BCUT2D eigenvalue weighted by Crippen LogP contribution is 2.08. The quantitative estimate of drug-likeness (QED) is 0.565. The summed E-state index contributed by atoms with van der Waals surface area (Å²) in [5.41, 5.74) is 0. The van der Waals surface area contributed by atoms with E-state index in [1.807, 2.05) is 18.2 Å². The fourth-order valence-corrected chi connectivity index (χ4v) is 1.49. The molecule has 0 aliphatic rings. The number of hydrogen-bond acceptors (Lipinski definition) is 5. The summed E-state index contributed by atoms with van der Waals surface area (Å²) in [4.78, 5) is 15.4. The highest BCUT2D eigenvalue weighted by atomic mass is 16.6. The third kappa shape index (κ3) is 4.83. The van der Waals surface area contributed by atoms with Crippen molar-refractivity contribution in [2.75, 3.05) is 13.2 Å². The van der Waals surface area contributed by atoms with Crippen LogP contribution in [0, 0.1) is 0 Å². The van der Waals surface area contributed by atoms with Crippen LogP contribution in [0.5, 0.6) is 5.75 Å². The molecule has 5 nitrogen and oxygen atoms in total. The van der Waals surface area contributed by atoms with E-state index in [1.54, 1.807) is 18.3 Å². The third-order valence-electron chi connectivity index (χ3n) is 2.38. The molecule has 0 aliphatic heterocycles. The Morgan fingerprint density at radius 1 is 1.26 bits per heavy atom. The fraction of sp³-hybridized carbons (Fsp3) is 0.286. The Hall–Kier alpha value is -2.30. The van der Waals surface area contributed by atoms with Crippen LogP contribution in [0.15, 0.2) is 47.2 Å². The van der Waals surface area contributed by atoms with Gasteiger partial charge in [-0.25, -0.2) is 9.78 Å². The summed E-state index contributed by atoms with van der Waals surface area (Å²) in [6, 6.07) is 9.15. The normalized spacial score (nSPS) is 10.1. The van der Waals surface area contributed by atoms with Gasteiger partial charge in [-0.05, 0) is 18.6 Å². The van der Waals surface area contributed by atoms with Gasteiger partial charge in [0, 0.05) is 6.42 Å². The molecule has 100 valence electrons. The van der Waals surface area contributed by atoms with Crippen molar-refractivity contribution in [1.29, 1.82) is 0 Å². The lowest BCUT2D eigenvalue weighted by Gasteiger charge is -2.06. The average Bonchev–Trinajstić information content (AvgIpc) is 2.96. The van der Waals surface area contributed by atoms with Crippen molar-refractivity contribution in [1.82, 2.24) is 4.98 Å². The van der Waals surface area contributed by atoms with Crippen molar-refractivity contribution in [3.8, 4) is 5.75 Å². The van der Waals surface area contributed by atoms with Crippen molar-refractivity contribution in [3.05, 3.63) is 48.7 Å². The van der Waals surface area contributed by atoms with Gasteiger partial charge in [-0.15, -0.1) is 0 Å². The largest absolute Gasteiger partial charge is 0.482 e. The lowest BCUT2D eigenvalue weighted by Crippen LogP contribution is -2.15. The maximum Gasteiger partial charge on any atom is 0.344 e. The Morgan fingerprint density at radius 2 is 2.11 bits per heavy atom. The maximum atomic E-state index is 11.4. The molecular formula is C14H15NO4. The topological polar surface area (TPSA) is 61.6 Å². The van der Waals surface area contributed by atoms with Crippen molar-refractivity contribution < 1.29 is 18.7 Å². The first-order valence-corrected chi connectivity index (χ1v) is 6.06. The highest BCUT2D eigenvalue weighted by Gasteiger charge is 2.04. The molecule has 0 aliphatic carbocycles. The Morgan fingerprint density at radius 3 is 2.84 bits per heavy atom. The molecular weight excluding hydrogens is 246 g/mol. The Bertz CT molecular complexity index is 481. The first kappa shape index (κ1) is 13.1. The van der Waals surface area contributed by atoms with E-state index in [0.717, 1.165) is 0 Å². The number of carbonyl (C=O) groups is 1. The molecule has 1 aromatic heterocycles. The molecule has 0 N–H and O–H groups in total. The van der Waals surface area contributed by atoms with Crippen LogP contribution < -0.4 is 4.74 Å². The minimum Gasteiger partial charge on any atom is -0.482 e. The molecule has 0 atom stereocenters. The fourth-order valence-electron chi connectivity index (χ4n) is 1.49. The van der Waals surface area contributed by atoms with Crippen LogP contribution >= 0.6 is 0 Å². The SMILES string of the molecule is O=C(COc1ccccc1)OCCCc1ncco1. The highest BCUT2D eigenvalue weighted by molar-refractivity contribution is 5.71. The molecule has 1 aromatic carbocycles. The van der Waals surface area contributed by atoms with E-state index in [-0.39, 0.29) is 12.6 Å². The zero-order valence-electron chi connectivity index (χ0n) is 10.5. The van der Waals surface area contributed by atoms with Gasteiger partial charge in [0.25, 0.3) is 0 Å². The number of esters is 1. The monoisotopic (exact) mass is 261 g/mol. The van der Waals surface area contributed by atoms with E-state index in [0.29, 0.717) is 31.1 Å². The van der Waals surface area contributed by atoms with Crippen molar-refractivity contribution in [3.63, 3.8) is 0 Å². The van der Waals surface area contributed by atoms with Gasteiger partial charge in [0.15, 0.2) is 12.5 Å². The Balaban J connectivity index is 1.57. The molecule has 0 amide bonds. The molecule has 5 heteroatoms. The minimum absolute atomic E-state index is 0.0803. The number of rotatable bonds is 7. The molecule has 0 radical (unpaired) electrons. The maximum absolute atomic E-state index is 11.4. The number of nitrogens with zero attached hydrogens (tertiary/aromatic N) is 1. The standard InChI is InChI=1S/C14H15NO4/c16-14(11-19-12-5-2-1-3-6-12)18-9-4-7-13-15-8-10-17-13/h1-3,5-6,8,10H,4,7,9,11H2. The van der Waals surface area contributed by atoms with E-state index < -0.39 is 0 Å². The smallest absolute Gasteiger partial charge is 0.344 e. The summed E-state index contributed by atoms with van der Waals surface area (Å²) < 4.78 is 15.4. The number of benzene rings is 1. The molecule has 2 rings (SSSR count). The number of carbonyl (C=O) groups excluding carboxylic acids is 1. The van der Waals surface area contributed by atoms with Crippen LogP contribution in [-0.4, -0.2) is 24.2 Å². The van der Waals surface area contributed by atoms with E-state index in [9.17, 15) is 4.79 Å². The third-order valence-corrected chi connectivity index (χ3v) is 2.38. The molecule has 0 saturated heterocycles. The number of aryl methyl sites for hydroxylation is 1. The molecule has 2 aromatic rings. The van der Waals surface area contributed by atoms with Crippen molar-refractivity contribution >= 4 is 5.97 Å². The first-order chi connectivity index (χ1) is 9.34. The van der Waals surface area contributed by atoms with Crippen LogP contribution in [0.3, 0.4) is 0 Å². The summed E-state index contributed by atoms with van der Waals surface area (Å²) in [5.74, 6) is 0.923. The second-order valence-electron chi connectivity index (χ2n) is 3.85. The summed E-state index contributed by atoms with van der Waals surface area (Å²) in [6.07, 6.45) is 4.45. The number of ether oxygens (including phenoxy) is 2. The van der Waals surface area contributed by atoms with E-state index in [2.05, 4.69) is 4.98 Å². The van der Waals surface area contributed by atoms with Crippen molar-refractivity contribution in [2.24, 2.45) is 0 Å². The van der Waals surface area contributed by atoms with Crippen LogP contribution in [0.25, 0.3) is 0 Å². The zero-order valence-corrected chi connectivity index (χ0v) is 10.5. The van der Waals surface area contributed by atoms with Crippen LogP contribution in [-0.2, 0) is 16.0 Å². The van der Waals surface area contributed by atoms with E-state index in [1.165, 1.54) is 6.26 Å². The number of para-hydroxylation sites is 1. The van der Waals surface area contributed by atoms with Crippen molar-refractivity contribution in [2.45, 2.75) is 12.8 Å². The molecule has 1 heterocycles. The number of oxazole rings is 1. The van der Waals surface area contributed by atoms with Gasteiger partial charge >= 0.3 is 5.97 Å².